The molecule has 1 aliphatic heterocycles. The fraction of sp³-hybridized carbons (Fsp3) is 0.381. The van der Waals surface area contributed by atoms with Crippen LogP contribution in [0.15, 0.2) is 47.4 Å². The summed E-state index contributed by atoms with van der Waals surface area (Å²) < 4.78 is 32.3. The van der Waals surface area contributed by atoms with Crippen LogP contribution in [0.4, 0.5) is 0 Å². The van der Waals surface area contributed by atoms with E-state index in [2.05, 4.69) is 0 Å². The number of ether oxygens (including phenoxy) is 1. The van der Waals surface area contributed by atoms with Crippen LogP contribution in [-0.2, 0) is 21.2 Å². The number of benzene rings is 2. The first-order valence-electron chi connectivity index (χ1n) is 9.29. The molecule has 0 radical (unpaired) electrons. The van der Waals surface area contributed by atoms with E-state index >= 15 is 0 Å². The van der Waals surface area contributed by atoms with Gasteiger partial charge in [0.2, 0.25) is 15.9 Å². The Bertz CT molecular complexity index is 947. The molecule has 1 amide bonds. The number of nitrogens with zero attached hydrogens (tertiary/aromatic N) is 2. The average molecular weight is 403 g/mol. The van der Waals surface area contributed by atoms with Crippen molar-refractivity contribution in [2.24, 2.45) is 0 Å². The smallest absolute Gasteiger partial charge is 0.243 e. The molecule has 150 valence electrons. The molecule has 3 rings (SSSR count). The molecular formula is C21H26N2O4S. The second kappa shape index (κ2) is 8.32. The molecule has 0 aromatic heterocycles. The number of piperazine rings is 1. The maximum absolute atomic E-state index is 12.8. The van der Waals surface area contributed by atoms with Crippen LogP contribution in [0, 0.1) is 13.8 Å². The quantitative estimate of drug-likeness (QED) is 0.770. The van der Waals surface area contributed by atoms with Crippen molar-refractivity contribution in [3.8, 4) is 5.75 Å². The van der Waals surface area contributed by atoms with Gasteiger partial charge in [-0.25, -0.2) is 8.42 Å². The molecule has 2 aromatic carbocycles. The number of carbonyl (C=O) groups is 1. The van der Waals surface area contributed by atoms with Gasteiger partial charge in [-0.3, -0.25) is 4.79 Å². The van der Waals surface area contributed by atoms with Crippen molar-refractivity contribution >= 4 is 15.9 Å². The molecule has 28 heavy (non-hydrogen) atoms. The zero-order valence-corrected chi connectivity index (χ0v) is 17.3. The van der Waals surface area contributed by atoms with Gasteiger partial charge in [-0.2, -0.15) is 4.31 Å². The second-order valence-corrected chi connectivity index (χ2v) is 9.02. The molecule has 7 heteroatoms. The number of methoxy groups -OCH3 is 1. The van der Waals surface area contributed by atoms with Gasteiger partial charge in [0.1, 0.15) is 5.75 Å². The third-order valence-electron chi connectivity index (χ3n) is 5.08. The van der Waals surface area contributed by atoms with Gasteiger partial charge in [-0.1, -0.05) is 29.8 Å². The summed E-state index contributed by atoms with van der Waals surface area (Å²) in [5.74, 6) is 0.762. The predicted molar refractivity (Wildman–Crippen MR) is 108 cm³/mol. The van der Waals surface area contributed by atoms with E-state index in [0.717, 1.165) is 22.4 Å². The van der Waals surface area contributed by atoms with Crippen molar-refractivity contribution in [3.63, 3.8) is 0 Å². The second-order valence-electron chi connectivity index (χ2n) is 7.08. The van der Waals surface area contributed by atoms with Crippen molar-refractivity contribution in [1.29, 1.82) is 0 Å². The molecule has 0 unspecified atom stereocenters. The van der Waals surface area contributed by atoms with Crippen LogP contribution in [-0.4, -0.2) is 56.8 Å². The first kappa shape index (κ1) is 20.4. The molecule has 1 heterocycles. The fourth-order valence-electron chi connectivity index (χ4n) is 3.30. The van der Waals surface area contributed by atoms with Crippen molar-refractivity contribution in [2.75, 3.05) is 33.3 Å². The minimum absolute atomic E-state index is 0.00158. The first-order chi connectivity index (χ1) is 13.3. The summed E-state index contributed by atoms with van der Waals surface area (Å²) in [4.78, 5) is 14.7. The lowest BCUT2D eigenvalue weighted by molar-refractivity contribution is -0.131. The third-order valence-corrected chi connectivity index (χ3v) is 6.99. The largest absolute Gasteiger partial charge is 0.496 e. The van der Waals surface area contributed by atoms with Gasteiger partial charge in [0.05, 0.1) is 18.4 Å². The third kappa shape index (κ3) is 4.36. The van der Waals surface area contributed by atoms with Crippen LogP contribution in [0.2, 0.25) is 0 Å². The molecule has 1 saturated heterocycles. The van der Waals surface area contributed by atoms with Crippen LogP contribution in [0.5, 0.6) is 5.75 Å². The lowest BCUT2D eigenvalue weighted by Gasteiger charge is -2.34. The van der Waals surface area contributed by atoms with Gasteiger partial charge in [-0.15, -0.1) is 0 Å². The number of hydrogen-bond acceptors (Lipinski definition) is 4. The molecule has 0 saturated carbocycles. The van der Waals surface area contributed by atoms with E-state index in [9.17, 15) is 13.2 Å². The zero-order chi connectivity index (χ0) is 20.3. The summed E-state index contributed by atoms with van der Waals surface area (Å²) >= 11 is 0. The van der Waals surface area contributed by atoms with Gasteiger partial charge in [0.15, 0.2) is 0 Å². The van der Waals surface area contributed by atoms with E-state index in [-0.39, 0.29) is 12.3 Å². The fourth-order valence-corrected chi connectivity index (χ4v) is 4.72. The highest BCUT2D eigenvalue weighted by Crippen LogP contribution is 2.21. The molecule has 0 spiro atoms. The van der Waals surface area contributed by atoms with Gasteiger partial charge >= 0.3 is 0 Å². The van der Waals surface area contributed by atoms with Crippen molar-refractivity contribution in [1.82, 2.24) is 9.21 Å². The lowest BCUT2D eigenvalue weighted by atomic mass is 10.1. The topological polar surface area (TPSA) is 66.9 Å². The Labute approximate surface area is 166 Å². The van der Waals surface area contributed by atoms with E-state index in [1.54, 1.807) is 36.3 Å². The summed E-state index contributed by atoms with van der Waals surface area (Å²) in [6, 6.07) is 12.6. The predicted octanol–water partition coefficient (Wildman–Crippen LogP) is 2.39. The van der Waals surface area contributed by atoms with Crippen molar-refractivity contribution < 1.29 is 17.9 Å². The molecular weight excluding hydrogens is 376 g/mol. The average Bonchev–Trinajstić information content (AvgIpc) is 2.70. The maximum atomic E-state index is 12.8. The number of amides is 1. The Balaban J connectivity index is 1.61. The first-order valence-corrected chi connectivity index (χ1v) is 10.7. The summed E-state index contributed by atoms with van der Waals surface area (Å²) in [6.45, 7) is 5.28. The number of hydrogen-bond donors (Lipinski definition) is 0. The molecule has 1 aliphatic rings. The molecule has 0 bridgehead atoms. The molecule has 0 N–H and O–H groups in total. The molecule has 0 atom stereocenters. The molecule has 6 nitrogen and oxygen atoms in total. The summed E-state index contributed by atoms with van der Waals surface area (Å²) in [7, 11) is -1.91. The van der Waals surface area contributed by atoms with Crippen LogP contribution in [0.3, 0.4) is 0 Å². The number of sulfonamides is 1. The van der Waals surface area contributed by atoms with Gasteiger partial charge < -0.3 is 9.64 Å². The van der Waals surface area contributed by atoms with Crippen molar-refractivity contribution in [3.05, 3.63) is 59.2 Å². The molecule has 0 aliphatic carbocycles. The monoisotopic (exact) mass is 402 g/mol. The normalized spacial score (nSPS) is 15.5. The van der Waals surface area contributed by atoms with Crippen molar-refractivity contribution in [2.45, 2.75) is 25.2 Å². The SMILES string of the molecule is COc1cc(CC(=O)N2CCN(S(=O)(=O)c3ccc(C)cc3)CC2)ccc1C. The van der Waals surface area contributed by atoms with Crippen LogP contribution < -0.4 is 4.74 Å². The summed E-state index contributed by atoms with van der Waals surface area (Å²) in [6.07, 6.45) is 0.279. The van der Waals surface area contributed by atoms with Gasteiger partial charge in [0, 0.05) is 26.2 Å². The molecule has 2 aromatic rings. The van der Waals surface area contributed by atoms with Crippen LogP contribution in [0.1, 0.15) is 16.7 Å². The number of rotatable bonds is 5. The van der Waals surface area contributed by atoms with Gasteiger partial charge in [0.25, 0.3) is 0 Å². The molecule has 1 fully saturated rings. The van der Waals surface area contributed by atoms with Crippen LogP contribution in [0.25, 0.3) is 0 Å². The van der Waals surface area contributed by atoms with Crippen LogP contribution >= 0.6 is 0 Å². The highest BCUT2D eigenvalue weighted by atomic mass is 32.2. The number of carbonyl (C=O) groups excluding carboxylic acids is 1. The van der Waals surface area contributed by atoms with E-state index in [1.165, 1.54) is 4.31 Å². The lowest BCUT2D eigenvalue weighted by Crippen LogP contribution is -2.50. The minimum Gasteiger partial charge on any atom is -0.496 e. The van der Waals surface area contributed by atoms with E-state index in [0.29, 0.717) is 31.1 Å². The standard InChI is InChI=1S/C21H26N2O4S/c1-16-4-8-19(9-5-16)28(25,26)23-12-10-22(11-13-23)21(24)15-18-7-6-17(2)20(14-18)27-3/h4-9,14H,10-13,15H2,1-3H3. The highest BCUT2D eigenvalue weighted by molar-refractivity contribution is 7.89. The Morgan fingerprint density at radius 2 is 1.64 bits per heavy atom. The Morgan fingerprint density at radius 3 is 2.25 bits per heavy atom. The Hall–Kier alpha value is -2.38. The van der Waals surface area contributed by atoms with E-state index < -0.39 is 10.0 Å². The Morgan fingerprint density at radius 1 is 1.00 bits per heavy atom. The summed E-state index contributed by atoms with van der Waals surface area (Å²) in [5, 5.41) is 0. The summed E-state index contributed by atoms with van der Waals surface area (Å²) in [5.41, 5.74) is 2.93. The van der Waals surface area contributed by atoms with E-state index in [4.69, 9.17) is 4.74 Å². The van der Waals surface area contributed by atoms with Gasteiger partial charge in [-0.05, 0) is 43.2 Å². The highest BCUT2D eigenvalue weighted by Gasteiger charge is 2.30. The Kier molecular flexibility index (Phi) is 6.05. The zero-order valence-electron chi connectivity index (χ0n) is 16.5. The minimum atomic E-state index is -3.52. The number of aryl methyl sites for hydroxylation is 2. The van der Waals surface area contributed by atoms with E-state index in [1.807, 2.05) is 32.0 Å². The maximum Gasteiger partial charge on any atom is 0.243 e.